The van der Waals surface area contributed by atoms with Gasteiger partial charge in [0, 0.05) is 28.5 Å². The summed E-state index contributed by atoms with van der Waals surface area (Å²) in [6.45, 7) is 6.70. The SMILES string of the molecule is CCN1CCC(NC2CCOc3ccc(Br)cc32)CC1. The van der Waals surface area contributed by atoms with Gasteiger partial charge in [-0.15, -0.1) is 0 Å². The Kier molecular flexibility index (Phi) is 4.64. The first-order chi connectivity index (χ1) is 9.76. The van der Waals surface area contributed by atoms with Gasteiger partial charge in [-0.05, 0) is 50.7 Å². The number of hydrogen-bond donors (Lipinski definition) is 1. The van der Waals surface area contributed by atoms with Crippen molar-refractivity contribution in [1.82, 2.24) is 10.2 Å². The molecule has 0 saturated carbocycles. The van der Waals surface area contributed by atoms with Crippen LogP contribution >= 0.6 is 15.9 Å². The van der Waals surface area contributed by atoms with Crippen molar-refractivity contribution < 1.29 is 4.74 Å². The average molecular weight is 339 g/mol. The monoisotopic (exact) mass is 338 g/mol. The van der Waals surface area contributed by atoms with Gasteiger partial charge < -0.3 is 15.0 Å². The van der Waals surface area contributed by atoms with E-state index in [-0.39, 0.29) is 0 Å². The smallest absolute Gasteiger partial charge is 0.124 e. The molecule has 3 nitrogen and oxygen atoms in total. The molecule has 2 heterocycles. The Labute approximate surface area is 129 Å². The number of halogens is 1. The number of hydrogen-bond acceptors (Lipinski definition) is 3. The summed E-state index contributed by atoms with van der Waals surface area (Å²) >= 11 is 3.57. The van der Waals surface area contributed by atoms with Crippen LogP contribution in [0.1, 0.15) is 37.8 Å². The highest BCUT2D eigenvalue weighted by atomic mass is 79.9. The van der Waals surface area contributed by atoms with Crippen molar-refractivity contribution in [2.75, 3.05) is 26.2 Å². The maximum Gasteiger partial charge on any atom is 0.124 e. The molecule has 0 bridgehead atoms. The molecule has 2 aliphatic rings. The third-order valence-corrected chi connectivity index (χ3v) is 4.98. The molecule has 1 N–H and O–H groups in total. The molecule has 3 rings (SSSR count). The molecule has 1 unspecified atom stereocenters. The number of rotatable bonds is 3. The van der Waals surface area contributed by atoms with Crippen molar-refractivity contribution in [3.63, 3.8) is 0 Å². The van der Waals surface area contributed by atoms with Crippen LogP contribution in [0.4, 0.5) is 0 Å². The number of likely N-dealkylation sites (tertiary alicyclic amines) is 1. The summed E-state index contributed by atoms with van der Waals surface area (Å²) in [4.78, 5) is 2.53. The molecule has 0 radical (unpaired) electrons. The summed E-state index contributed by atoms with van der Waals surface area (Å²) < 4.78 is 6.90. The van der Waals surface area contributed by atoms with Crippen molar-refractivity contribution in [2.24, 2.45) is 0 Å². The first kappa shape index (κ1) is 14.4. The van der Waals surface area contributed by atoms with E-state index in [4.69, 9.17) is 4.74 Å². The second-order valence-corrected chi connectivity index (χ2v) is 6.66. The van der Waals surface area contributed by atoms with E-state index in [9.17, 15) is 0 Å². The standard InChI is InChI=1S/C16H23BrN2O/c1-2-19-8-5-13(6-9-19)18-15-7-10-20-16-4-3-12(17)11-14(15)16/h3-4,11,13,15,18H,2,5-10H2,1H3. The molecule has 1 aromatic rings. The van der Waals surface area contributed by atoms with Crippen LogP contribution in [0.2, 0.25) is 0 Å². The fraction of sp³-hybridized carbons (Fsp3) is 0.625. The first-order valence-electron chi connectivity index (χ1n) is 7.67. The highest BCUT2D eigenvalue weighted by molar-refractivity contribution is 9.10. The molecule has 1 aromatic carbocycles. The van der Waals surface area contributed by atoms with Crippen molar-refractivity contribution in [3.05, 3.63) is 28.2 Å². The van der Waals surface area contributed by atoms with Gasteiger partial charge in [-0.3, -0.25) is 0 Å². The van der Waals surface area contributed by atoms with E-state index in [0.29, 0.717) is 12.1 Å². The minimum absolute atomic E-state index is 0.439. The van der Waals surface area contributed by atoms with Crippen LogP contribution < -0.4 is 10.1 Å². The van der Waals surface area contributed by atoms with Crippen molar-refractivity contribution in [1.29, 1.82) is 0 Å². The third-order valence-electron chi connectivity index (χ3n) is 4.48. The van der Waals surface area contributed by atoms with E-state index in [2.05, 4.69) is 51.3 Å². The van der Waals surface area contributed by atoms with Crippen LogP contribution in [0, 0.1) is 0 Å². The molecular weight excluding hydrogens is 316 g/mol. The topological polar surface area (TPSA) is 24.5 Å². The minimum atomic E-state index is 0.439. The molecule has 4 heteroatoms. The van der Waals surface area contributed by atoms with Gasteiger partial charge in [0.2, 0.25) is 0 Å². The highest BCUT2D eigenvalue weighted by Crippen LogP contribution is 2.34. The van der Waals surface area contributed by atoms with Crippen molar-refractivity contribution in [3.8, 4) is 5.75 Å². The quantitative estimate of drug-likeness (QED) is 0.914. The maximum absolute atomic E-state index is 5.76. The lowest BCUT2D eigenvalue weighted by molar-refractivity contribution is 0.183. The number of fused-ring (bicyclic) bond motifs is 1. The summed E-state index contributed by atoms with van der Waals surface area (Å²) in [5.74, 6) is 1.04. The zero-order valence-electron chi connectivity index (χ0n) is 12.1. The van der Waals surface area contributed by atoms with E-state index < -0.39 is 0 Å². The Morgan fingerprint density at radius 2 is 2.10 bits per heavy atom. The Morgan fingerprint density at radius 1 is 1.30 bits per heavy atom. The average Bonchev–Trinajstić information content (AvgIpc) is 2.49. The molecule has 0 aromatic heterocycles. The van der Waals surface area contributed by atoms with Gasteiger partial charge in [-0.2, -0.15) is 0 Å². The van der Waals surface area contributed by atoms with Crippen LogP contribution in [0.3, 0.4) is 0 Å². The van der Waals surface area contributed by atoms with Crippen LogP contribution in [-0.2, 0) is 0 Å². The summed E-state index contributed by atoms with van der Waals surface area (Å²) in [5.41, 5.74) is 1.31. The highest BCUT2D eigenvalue weighted by Gasteiger charge is 2.26. The molecule has 1 saturated heterocycles. The zero-order valence-corrected chi connectivity index (χ0v) is 13.7. The number of nitrogens with one attached hydrogen (secondary N) is 1. The predicted molar refractivity (Wildman–Crippen MR) is 85.3 cm³/mol. The van der Waals surface area contributed by atoms with E-state index >= 15 is 0 Å². The van der Waals surface area contributed by atoms with Gasteiger partial charge in [-0.1, -0.05) is 22.9 Å². The summed E-state index contributed by atoms with van der Waals surface area (Å²) in [5, 5.41) is 3.86. The Balaban J connectivity index is 1.66. The van der Waals surface area contributed by atoms with Crippen LogP contribution in [0.15, 0.2) is 22.7 Å². The number of nitrogens with zero attached hydrogens (tertiary/aromatic N) is 1. The van der Waals surface area contributed by atoms with Gasteiger partial charge >= 0.3 is 0 Å². The second-order valence-electron chi connectivity index (χ2n) is 5.75. The molecule has 0 aliphatic carbocycles. The number of ether oxygens (including phenoxy) is 1. The van der Waals surface area contributed by atoms with Crippen molar-refractivity contribution >= 4 is 15.9 Å². The Hall–Kier alpha value is -0.580. The summed E-state index contributed by atoms with van der Waals surface area (Å²) in [6.07, 6.45) is 3.58. The number of benzene rings is 1. The molecular formula is C16H23BrN2O. The van der Waals surface area contributed by atoms with Crippen LogP contribution in [0.5, 0.6) is 5.75 Å². The van der Waals surface area contributed by atoms with Gasteiger partial charge in [-0.25, -0.2) is 0 Å². The number of piperidine rings is 1. The zero-order chi connectivity index (χ0) is 13.9. The predicted octanol–water partition coefficient (Wildman–Crippen LogP) is 3.35. The van der Waals surface area contributed by atoms with Gasteiger partial charge in [0.05, 0.1) is 6.61 Å². The molecule has 2 aliphatic heterocycles. The molecule has 110 valence electrons. The van der Waals surface area contributed by atoms with Gasteiger partial charge in [0.25, 0.3) is 0 Å². The lowest BCUT2D eigenvalue weighted by atomic mass is 9.97. The lowest BCUT2D eigenvalue weighted by Gasteiger charge is -2.35. The molecule has 1 atom stereocenters. The van der Waals surface area contributed by atoms with Crippen LogP contribution in [-0.4, -0.2) is 37.2 Å². The summed E-state index contributed by atoms with van der Waals surface area (Å²) in [7, 11) is 0. The Bertz CT molecular complexity index is 458. The fourth-order valence-corrected chi connectivity index (χ4v) is 3.62. The van der Waals surface area contributed by atoms with E-state index in [0.717, 1.165) is 23.2 Å². The second kappa shape index (κ2) is 6.46. The third kappa shape index (κ3) is 3.18. The van der Waals surface area contributed by atoms with Crippen molar-refractivity contribution in [2.45, 2.75) is 38.3 Å². The molecule has 0 spiro atoms. The largest absolute Gasteiger partial charge is 0.493 e. The molecule has 1 fully saturated rings. The molecule has 0 amide bonds. The normalized spacial score (nSPS) is 24.2. The maximum atomic E-state index is 5.76. The van der Waals surface area contributed by atoms with Crippen LogP contribution in [0.25, 0.3) is 0 Å². The van der Waals surface area contributed by atoms with E-state index in [1.807, 2.05) is 0 Å². The molecule has 20 heavy (non-hydrogen) atoms. The van der Waals surface area contributed by atoms with Gasteiger partial charge in [0.1, 0.15) is 5.75 Å². The summed E-state index contributed by atoms with van der Waals surface area (Å²) in [6, 6.07) is 7.42. The van der Waals surface area contributed by atoms with E-state index in [1.54, 1.807) is 0 Å². The lowest BCUT2D eigenvalue weighted by Crippen LogP contribution is -2.44. The fourth-order valence-electron chi connectivity index (χ4n) is 3.24. The first-order valence-corrected chi connectivity index (χ1v) is 8.46. The Morgan fingerprint density at radius 3 is 2.85 bits per heavy atom. The van der Waals surface area contributed by atoms with Gasteiger partial charge in [0.15, 0.2) is 0 Å². The minimum Gasteiger partial charge on any atom is -0.493 e. The van der Waals surface area contributed by atoms with E-state index in [1.165, 1.54) is 38.0 Å².